The van der Waals surface area contributed by atoms with Gasteiger partial charge in [0.05, 0.1) is 18.8 Å². The van der Waals surface area contributed by atoms with E-state index in [4.69, 9.17) is 0 Å². The van der Waals surface area contributed by atoms with Gasteiger partial charge < -0.3 is 25.7 Å². The molecule has 0 spiro atoms. The summed E-state index contributed by atoms with van der Waals surface area (Å²) >= 11 is 0. The third-order valence-electron chi connectivity index (χ3n) is 5.31. The third-order valence-corrected chi connectivity index (χ3v) is 5.31. The summed E-state index contributed by atoms with van der Waals surface area (Å²) in [7, 11) is 0. The Morgan fingerprint density at radius 1 is 1.08 bits per heavy atom. The van der Waals surface area contributed by atoms with Gasteiger partial charge in [0.25, 0.3) is 0 Å². The number of anilines is 2. The lowest BCUT2D eigenvalue weighted by Crippen LogP contribution is -2.50. The number of hydrogen-bond acceptors (Lipinski definition) is 4. The van der Waals surface area contributed by atoms with Gasteiger partial charge in [-0.05, 0) is 43.9 Å². The van der Waals surface area contributed by atoms with Crippen molar-refractivity contribution in [2.45, 2.75) is 51.2 Å². The van der Waals surface area contributed by atoms with Crippen LogP contribution in [0.25, 0.3) is 0 Å². The summed E-state index contributed by atoms with van der Waals surface area (Å²) in [6.45, 7) is 2.37. The van der Waals surface area contributed by atoms with Crippen LogP contribution in [0.3, 0.4) is 0 Å². The zero-order chi connectivity index (χ0) is 18.7. The first-order chi connectivity index (χ1) is 12.4. The van der Waals surface area contributed by atoms with Crippen LogP contribution in [0.4, 0.5) is 16.2 Å². The van der Waals surface area contributed by atoms with E-state index in [1.165, 1.54) is 4.90 Å². The fourth-order valence-corrected chi connectivity index (χ4v) is 3.56. The molecule has 142 valence electrons. The van der Waals surface area contributed by atoms with Crippen LogP contribution in [0.2, 0.25) is 0 Å². The number of carbonyl (C=O) groups is 2. The van der Waals surface area contributed by atoms with Gasteiger partial charge in [-0.3, -0.25) is 4.79 Å². The molecule has 3 amide bonds. The topological polar surface area (TPSA) is 102 Å². The SMILES string of the molecule is Cc1ccc(NC(=O)C2CCCC2)cc1NC(=O)N1CC[C@H](O)[C@@H](O)C1. The van der Waals surface area contributed by atoms with E-state index in [0.717, 1.165) is 31.2 Å². The van der Waals surface area contributed by atoms with Crippen molar-refractivity contribution in [3.05, 3.63) is 23.8 Å². The summed E-state index contributed by atoms with van der Waals surface area (Å²) in [6.07, 6.45) is 2.72. The van der Waals surface area contributed by atoms with Crippen molar-refractivity contribution in [3.8, 4) is 0 Å². The summed E-state index contributed by atoms with van der Waals surface area (Å²) in [5.74, 6) is 0.118. The van der Waals surface area contributed by atoms with Gasteiger partial charge in [0.2, 0.25) is 5.91 Å². The highest BCUT2D eigenvalue weighted by molar-refractivity contribution is 5.95. The number of aliphatic hydroxyl groups is 2. The lowest BCUT2D eigenvalue weighted by molar-refractivity contribution is -0.119. The number of aryl methyl sites for hydroxylation is 1. The van der Waals surface area contributed by atoms with Crippen LogP contribution in [0.1, 0.15) is 37.7 Å². The van der Waals surface area contributed by atoms with Crippen molar-refractivity contribution in [2.24, 2.45) is 5.92 Å². The first-order valence-corrected chi connectivity index (χ1v) is 9.27. The van der Waals surface area contributed by atoms with Crippen LogP contribution in [0.5, 0.6) is 0 Å². The summed E-state index contributed by atoms with van der Waals surface area (Å²) in [6, 6.07) is 5.13. The molecule has 7 nitrogen and oxygen atoms in total. The number of carbonyl (C=O) groups excluding carboxylic acids is 2. The van der Waals surface area contributed by atoms with Gasteiger partial charge >= 0.3 is 6.03 Å². The van der Waals surface area contributed by atoms with Crippen molar-refractivity contribution in [1.82, 2.24) is 4.90 Å². The molecule has 4 N–H and O–H groups in total. The Morgan fingerprint density at radius 3 is 2.50 bits per heavy atom. The van der Waals surface area contributed by atoms with Gasteiger partial charge in [-0.2, -0.15) is 0 Å². The molecule has 0 radical (unpaired) electrons. The molecule has 7 heteroatoms. The Kier molecular flexibility index (Phi) is 5.78. The Labute approximate surface area is 153 Å². The minimum absolute atomic E-state index is 0.0387. The van der Waals surface area contributed by atoms with Crippen LogP contribution in [0.15, 0.2) is 18.2 Å². The van der Waals surface area contributed by atoms with Crippen molar-refractivity contribution >= 4 is 23.3 Å². The molecule has 1 heterocycles. The number of nitrogens with one attached hydrogen (secondary N) is 2. The number of nitrogens with zero attached hydrogens (tertiary/aromatic N) is 1. The zero-order valence-electron chi connectivity index (χ0n) is 15.1. The molecule has 2 fully saturated rings. The largest absolute Gasteiger partial charge is 0.390 e. The van der Waals surface area contributed by atoms with Crippen LogP contribution in [0, 0.1) is 12.8 Å². The first-order valence-electron chi connectivity index (χ1n) is 9.27. The van der Waals surface area contributed by atoms with Gasteiger partial charge in [-0.25, -0.2) is 4.79 Å². The predicted molar refractivity (Wildman–Crippen MR) is 99.0 cm³/mol. The Balaban J connectivity index is 1.63. The van der Waals surface area contributed by atoms with Gasteiger partial charge in [0.15, 0.2) is 0 Å². The van der Waals surface area contributed by atoms with E-state index in [0.29, 0.717) is 24.3 Å². The lowest BCUT2D eigenvalue weighted by atomic mass is 10.1. The molecule has 0 bridgehead atoms. The second-order valence-electron chi connectivity index (χ2n) is 7.30. The second kappa shape index (κ2) is 8.05. The normalized spacial score (nSPS) is 23.7. The smallest absolute Gasteiger partial charge is 0.321 e. The summed E-state index contributed by atoms with van der Waals surface area (Å²) in [5.41, 5.74) is 2.17. The molecule has 0 aromatic heterocycles. The molecule has 1 aliphatic heterocycles. The van der Waals surface area contributed by atoms with Crippen LogP contribution < -0.4 is 10.6 Å². The van der Waals surface area contributed by atoms with Crippen LogP contribution in [-0.2, 0) is 4.79 Å². The number of aliphatic hydroxyl groups excluding tert-OH is 2. The van der Waals surface area contributed by atoms with Gasteiger partial charge in [0.1, 0.15) is 0 Å². The van der Waals surface area contributed by atoms with E-state index in [1.807, 2.05) is 19.1 Å². The number of urea groups is 1. The molecular formula is C19H27N3O4. The molecule has 3 rings (SSSR count). The average Bonchev–Trinajstić information content (AvgIpc) is 3.15. The van der Waals surface area contributed by atoms with Crippen molar-refractivity contribution in [3.63, 3.8) is 0 Å². The Morgan fingerprint density at radius 2 is 1.81 bits per heavy atom. The monoisotopic (exact) mass is 361 g/mol. The van der Waals surface area contributed by atoms with Crippen LogP contribution in [-0.4, -0.2) is 52.3 Å². The molecule has 1 aromatic carbocycles. The molecule has 2 aliphatic rings. The fraction of sp³-hybridized carbons (Fsp3) is 0.579. The van der Waals surface area contributed by atoms with Gasteiger partial charge in [-0.15, -0.1) is 0 Å². The number of likely N-dealkylation sites (tertiary alicyclic amines) is 1. The fourth-order valence-electron chi connectivity index (χ4n) is 3.56. The van der Waals surface area contributed by atoms with E-state index < -0.39 is 12.2 Å². The highest BCUT2D eigenvalue weighted by Crippen LogP contribution is 2.27. The van der Waals surface area contributed by atoms with E-state index >= 15 is 0 Å². The van der Waals surface area contributed by atoms with Crippen molar-refractivity contribution in [2.75, 3.05) is 23.7 Å². The minimum Gasteiger partial charge on any atom is -0.390 e. The first kappa shape index (κ1) is 18.7. The van der Waals surface area contributed by atoms with Crippen LogP contribution >= 0.6 is 0 Å². The molecule has 1 aromatic rings. The van der Waals surface area contributed by atoms with E-state index in [-0.39, 0.29) is 24.4 Å². The Bertz CT molecular complexity index is 673. The van der Waals surface area contributed by atoms with Gasteiger partial charge in [-0.1, -0.05) is 18.9 Å². The highest BCUT2D eigenvalue weighted by Gasteiger charge is 2.29. The molecule has 1 saturated carbocycles. The van der Waals surface area contributed by atoms with E-state index in [9.17, 15) is 19.8 Å². The standard InChI is InChI=1S/C19H27N3O4/c1-12-6-7-14(20-18(25)13-4-2-3-5-13)10-15(12)21-19(26)22-9-8-16(23)17(24)11-22/h6-7,10,13,16-17,23-24H,2-5,8-9,11H2,1H3,(H,20,25)(H,21,26)/t16-,17-/m0/s1. The third kappa shape index (κ3) is 4.34. The molecule has 26 heavy (non-hydrogen) atoms. The maximum atomic E-state index is 12.4. The Hall–Kier alpha value is -2.12. The average molecular weight is 361 g/mol. The molecule has 0 unspecified atom stereocenters. The molecule has 1 aliphatic carbocycles. The highest BCUT2D eigenvalue weighted by atomic mass is 16.3. The number of piperidine rings is 1. The molecule has 1 saturated heterocycles. The zero-order valence-corrected chi connectivity index (χ0v) is 15.1. The van der Waals surface area contributed by atoms with Crippen molar-refractivity contribution < 1.29 is 19.8 Å². The van der Waals surface area contributed by atoms with E-state index in [1.54, 1.807) is 6.07 Å². The van der Waals surface area contributed by atoms with Crippen molar-refractivity contribution in [1.29, 1.82) is 0 Å². The predicted octanol–water partition coefficient (Wildman–Crippen LogP) is 2.08. The number of benzene rings is 1. The quantitative estimate of drug-likeness (QED) is 0.662. The van der Waals surface area contributed by atoms with E-state index in [2.05, 4.69) is 10.6 Å². The summed E-state index contributed by atoms with van der Waals surface area (Å²) < 4.78 is 0. The minimum atomic E-state index is -0.923. The second-order valence-corrected chi connectivity index (χ2v) is 7.30. The molecular weight excluding hydrogens is 334 g/mol. The number of amides is 3. The number of β-amino-alcohol motifs (C(OH)–C–C–N with tert-alkyl or cyclic N) is 1. The maximum absolute atomic E-state index is 12.4. The number of hydrogen-bond donors (Lipinski definition) is 4. The molecule has 2 atom stereocenters. The summed E-state index contributed by atoms with van der Waals surface area (Å²) in [4.78, 5) is 26.2. The number of rotatable bonds is 3. The van der Waals surface area contributed by atoms with Gasteiger partial charge in [0, 0.05) is 23.8 Å². The summed E-state index contributed by atoms with van der Waals surface area (Å²) in [5, 5.41) is 25.1. The lowest BCUT2D eigenvalue weighted by Gasteiger charge is -2.33. The maximum Gasteiger partial charge on any atom is 0.321 e.